The predicted octanol–water partition coefficient (Wildman–Crippen LogP) is 0.681. The SMILES string of the molecule is CC(C)(C)C(=O)NC(=O)C[C@H](NC(=O)C(C)(C)C)C(=O)O. The number of hydrogen-bond donors (Lipinski definition) is 3. The van der Waals surface area contributed by atoms with Gasteiger partial charge in [-0.1, -0.05) is 41.5 Å². The van der Waals surface area contributed by atoms with Crippen LogP contribution in [0.1, 0.15) is 48.0 Å². The molecule has 0 fully saturated rings. The molecule has 21 heavy (non-hydrogen) atoms. The maximum absolute atomic E-state index is 11.8. The first-order valence-corrected chi connectivity index (χ1v) is 6.63. The number of carboxylic acids is 1. The molecule has 0 aromatic carbocycles. The maximum atomic E-state index is 11.8. The zero-order valence-electron chi connectivity index (χ0n) is 13.4. The third kappa shape index (κ3) is 6.87. The van der Waals surface area contributed by atoms with Crippen LogP contribution in [0.2, 0.25) is 0 Å². The van der Waals surface area contributed by atoms with E-state index in [0.29, 0.717) is 0 Å². The van der Waals surface area contributed by atoms with E-state index in [4.69, 9.17) is 5.11 Å². The highest BCUT2D eigenvalue weighted by atomic mass is 16.4. The van der Waals surface area contributed by atoms with Gasteiger partial charge in [0.05, 0.1) is 6.42 Å². The summed E-state index contributed by atoms with van der Waals surface area (Å²) in [5.41, 5.74) is -1.53. The van der Waals surface area contributed by atoms with E-state index < -0.39 is 47.0 Å². The third-order valence-electron chi connectivity index (χ3n) is 2.61. The Bertz CT molecular complexity index is 443. The lowest BCUT2D eigenvalue weighted by atomic mass is 9.94. The van der Waals surface area contributed by atoms with Gasteiger partial charge in [-0.05, 0) is 0 Å². The minimum absolute atomic E-state index is 0.482. The van der Waals surface area contributed by atoms with Crippen molar-refractivity contribution in [1.29, 1.82) is 0 Å². The van der Waals surface area contributed by atoms with Gasteiger partial charge in [-0.25, -0.2) is 4.79 Å². The first-order chi connectivity index (χ1) is 9.25. The Hall–Kier alpha value is -1.92. The predicted molar refractivity (Wildman–Crippen MR) is 76.2 cm³/mol. The summed E-state index contributed by atoms with van der Waals surface area (Å²) in [6.07, 6.45) is -0.501. The summed E-state index contributed by atoms with van der Waals surface area (Å²) in [6.45, 7) is 9.78. The smallest absolute Gasteiger partial charge is 0.326 e. The number of nitrogens with one attached hydrogen (secondary N) is 2. The van der Waals surface area contributed by atoms with E-state index in [1.807, 2.05) is 0 Å². The standard InChI is InChI=1S/C14H24N2O5/c1-13(2,3)11(20)15-8(10(18)19)7-9(17)16-12(21)14(4,5)6/h8H,7H2,1-6H3,(H,15,20)(H,18,19)(H,16,17,21)/t8-/m0/s1. The van der Waals surface area contributed by atoms with E-state index in [-0.39, 0.29) is 0 Å². The molecule has 0 aliphatic heterocycles. The van der Waals surface area contributed by atoms with Gasteiger partial charge in [0.1, 0.15) is 6.04 Å². The molecule has 0 rings (SSSR count). The van der Waals surface area contributed by atoms with Crippen molar-refractivity contribution >= 4 is 23.7 Å². The fourth-order valence-corrected chi connectivity index (χ4v) is 1.13. The van der Waals surface area contributed by atoms with Crippen molar-refractivity contribution in [3.63, 3.8) is 0 Å². The van der Waals surface area contributed by atoms with E-state index >= 15 is 0 Å². The molecule has 1 atom stereocenters. The van der Waals surface area contributed by atoms with Crippen molar-refractivity contribution in [1.82, 2.24) is 10.6 Å². The molecule has 7 nitrogen and oxygen atoms in total. The second kappa shape index (κ2) is 6.69. The molecule has 0 unspecified atom stereocenters. The Labute approximate surface area is 124 Å². The van der Waals surface area contributed by atoms with Gasteiger partial charge < -0.3 is 10.4 Å². The lowest BCUT2D eigenvalue weighted by Crippen LogP contribution is -2.49. The van der Waals surface area contributed by atoms with Crippen LogP contribution in [-0.4, -0.2) is 34.8 Å². The molecule has 0 bridgehead atoms. The first-order valence-electron chi connectivity index (χ1n) is 6.63. The van der Waals surface area contributed by atoms with E-state index in [2.05, 4.69) is 10.6 Å². The molecule has 0 heterocycles. The van der Waals surface area contributed by atoms with Gasteiger partial charge in [-0.3, -0.25) is 19.7 Å². The lowest BCUT2D eigenvalue weighted by Gasteiger charge is -2.22. The number of amides is 3. The van der Waals surface area contributed by atoms with E-state index in [1.165, 1.54) is 0 Å². The molecule has 120 valence electrons. The Balaban J connectivity index is 4.74. The van der Waals surface area contributed by atoms with Crippen LogP contribution in [0.15, 0.2) is 0 Å². The van der Waals surface area contributed by atoms with Crippen molar-refractivity contribution in [3.8, 4) is 0 Å². The first kappa shape index (κ1) is 19.1. The summed E-state index contributed by atoms with van der Waals surface area (Å²) in [7, 11) is 0. The number of carbonyl (C=O) groups is 4. The molecule has 0 aliphatic rings. The highest BCUT2D eigenvalue weighted by Gasteiger charge is 2.30. The minimum Gasteiger partial charge on any atom is -0.480 e. The molecule has 7 heteroatoms. The summed E-state index contributed by atoms with van der Waals surface area (Å²) < 4.78 is 0. The normalized spacial score (nSPS) is 13.2. The number of carboxylic acid groups (broad SMARTS) is 1. The second-order valence-electron chi connectivity index (χ2n) is 6.95. The van der Waals surface area contributed by atoms with E-state index in [0.717, 1.165) is 0 Å². The second-order valence-corrected chi connectivity index (χ2v) is 6.95. The fraction of sp³-hybridized carbons (Fsp3) is 0.714. The highest BCUT2D eigenvalue weighted by Crippen LogP contribution is 2.14. The molecular weight excluding hydrogens is 276 g/mol. The summed E-state index contributed by atoms with van der Waals surface area (Å²) in [5.74, 6) is -3.05. The van der Waals surface area contributed by atoms with Crippen LogP contribution in [0.4, 0.5) is 0 Å². The minimum atomic E-state index is -1.37. The van der Waals surface area contributed by atoms with Crippen molar-refractivity contribution in [2.45, 2.75) is 54.0 Å². The Morgan fingerprint density at radius 2 is 1.33 bits per heavy atom. The van der Waals surface area contributed by atoms with Gasteiger partial charge in [0, 0.05) is 10.8 Å². The average molecular weight is 300 g/mol. The van der Waals surface area contributed by atoms with Gasteiger partial charge in [0.25, 0.3) is 0 Å². The monoisotopic (exact) mass is 300 g/mol. The number of hydrogen-bond acceptors (Lipinski definition) is 4. The van der Waals surface area contributed by atoms with Crippen molar-refractivity contribution in [2.24, 2.45) is 10.8 Å². The van der Waals surface area contributed by atoms with Crippen LogP contribution in [-0.2, 0) is 19.2 Å². The van der Waals surface area contributed by atoms with Crippen LogP contribution >= 0.6 is 0 Å². The molecule has 0 spiro atoms. The van der Waals surface area contributed by atoms with Gasteiger partial charge in [-0.15, -0.1) is 0 Å². The molecule has 0 aromatic rings. The third-order valence-corrected chi connectivity index (χ3v) is 2.61. The molecule has 0 aromatic heterocycles. The largest absolute Gasteiger partial charge is 0.480 e. The lowest BCUT2D eigenvalue weighted by molar-refractivity contribution is -0.145. The number of rotatable bonds is 4. The van der Waals surface area contributed by atoms with Crippen molar-refractivity contribution in [2.75, 3.05) is 0 Å². The van der Waals surface area contributed by atoms with Crippen molar-refractivity contribution < 1.29 is 24.3 Å². The molecule has 0 saturated carbocycles. The van der Waals surface area contributed by atoms with E-state index in [1.54, 1.807) is 41.5 Å². The molecule has 0 aliphatic carbocycles. The number of aliphatic carboxylic acids is 1. The Morgan fingerprint density at radius 3 is 1.67 bits per heavy atom. The quantitative estimate of drug-likeness (QED) is 0.706. The molecule has 3 amide bonds. The Kier molecular flexibility index (Phi) is 6.08. The Morgan fingerprint density at radius 1 is 0.905 bits per heavy atom. The van der Waals surface area contributed by atoms with Gasteiger partial charge in [-0.2, -0.15) is 0 Å². The molecule has 3 N–H and O–H groups in total. The van der Waals surface area contributed by atoms with Gasteiger partial charge >= 0.3 is 5.97 Å². The van der Waals surface area contributed by atoms with Crippen molar-refractivity contribution in [3.05, 3.63) is 0 Å². The summed E-state index contributed by atoms with van der Waals surface area (Å²) in [6, 6.07) is -1.37. The van der Waals surface area contributed by atoms with E-state index in [9.17, 15) is 19.2 Å². The number of imide groups is 1. The van der Waals surface area contributed by atoms with Gasteiger partial charge in [0.2, 0.25) is 17.7 Å². The summed E-state index contributed by atoms with van der Waals surface area (Å²) >= 11 is 0. The van der Waals surface area contributed by atoms with Gasteiger partial charge in [0.15, 0.2) is 0 Å². The van der Waals surface area contributed by atoms with Crippen LogP contribution in [0.3, 0.4) is 0 Å². The number of carbonyl (C=O) groups excluding carboxylic acids is 3. The maximum Gasteiger partial charge on any atom is 0.326 e. The van der Waals surface area contributed by atoms with Crippen LogP contribution < -0.4 is 10.6 Å². The van der Waals surface area contributed by atoms with Crippen LogP contribution in [0, 0.1) is 10.8 Å². The fourth-order valence-electron chi connectivity index (χ4n) is 1.13. The molecular formula is C14H24N2O5. The molecule has 0 saturated heterocycles. The van der Waals surface area contributed by atoms with Crippen LogP contribution in [0.25, 0.3) is 0 Å². The highest BCUT2D eigenvalue weighted by molar-refractivity contribution is 5.99. The topological polar surface area (TPSA) is 113 Å². The average Bonchev–Trinajstić information content (AvgIpc) is 2.24. The zero-order valence-corrected chi connectivity index (χ0v) is 13.4. The van der Waals surface area contributed by atoms with Crippen LogP contribution in [0.5, 0.6) is 0 Å². The zero-order chi connectivity index (χ0) is 17.0. The summed E-state index contributed by atoms with van der Waals surface area (Å²) in [4.78, 5) is 46.2. The molecule has 0 radical (unpaired) electrons. The summed E-state index contributed by atoms with van der Waals surface area (Å²) in [5, 5.41) is 13.5.